The third-order valence-electron chi connectivity index (χ3n) is 3.80. The molecule has 2 aromatic heterocycles. The van der Waals surface area contributed by atoms with Crippen LogP contribution < -0.4 is 5.32 Å². The number of aliphatic hydroxyl groups is 1. The number of nitrogens with zero attached hydrogens (tertiary/aromatic N) is 1. The Morgan fingerprint density at radius 1 is 1.59 bits per heavy atom. The summed E-state index contributed by atoms with van der Waals surface area (Å²) in [7, 11) is 0. The molecule has 22 heavy (non-hydrogen) atoms. The molecule has 0 aliphatic carbocycles. The number of carbonyl (C=O) groups is 1. The van der Waals surface area contributed by atoms with Crippen molar-refractivity contribution in [2.45, 2.75) is 25.4 Å². The summed E-state index contributed by atoms with van der Waals surface area (Å²) in [6, 6.07) is 3.47. The van der Waals surface area contributed by atoms with E-state index >= 15 is 0 Å². The lowest BCUT2D eigenvalue weighted by Gasteiger charge is -2.11. The van der Waals surface area contributed by atoms with Crippen molar-refractivity contribution < 1.29 is 19.1 Å². The van der Waals surface area contributed by atoms with E-state index in [4.69, 9.17) is 9.15 Å². The third kappa shape index (κ3) is 3.05. The zero-order chi connectivity index (χ0) is 15.5. The highest BCUT2D eigenvalue weighted by molar-refractivity contribution is 5.95. The summed E-state index contributed by atoms with van der Waals surface area (Å²) in [5.41, 5.74) is 1.29. The van der Waals surface area contributed by atoms with E-state index in [0.717, 1.165) is 17.9 Å². The predicted molar refractivity (Wildman–Crippen MR) is 77.5 cm³/mol. The highest BCUT2D eigenvalue weighted by atomic mass is 16.5. The highest BCUT2D eigenvalue weighted by Gasteiger charge is 2.25. The molecule has 1 aliphatic rings. The van der Waals surface area contributed by atoms with Gasteiger partial charge in [-0.1, -0.05) is 0 Å². The summed E-state index contributed by atoms with van der Waals surface area (Å²) in [4.78, 5) is 12.3. The van der Waals surface area contributed by atoms with Crippen molar-refractivity contribution in [3.63, 3.8) is 0 Å². The van der Waals surface area contributed by atoms with Gasteiger partial charge in [0.2, 0.25) is 0 Å². The van der Waals surface area contributed by atoms with Crippen LogP contribution in [0.2, 0.25) is 0 Å². The molecule has 2 atom stereocenters. The van der Waals surface area contributed by atoms with Gasteiger partial charge < -0.3 is 19.6 Å². The van der Waals surface area contributed by atoms with Crippen LogP contribution in [0, 0.1) is 6.92 Å². The van der Waals surface area contributed by atoms with Gasteiger partial charge in [-0.3, -0.25) is 9.89 Å². The minimum absolute atomic E-state index is 0.0809. The molecule has 2 unspecified atom stereocenters. The van der Waals surface area contributed by atoms with Crippen LogP contribution in [0.25, 0.3) is 0 Å². The van der Waals surface area contributed by atoms with Crippen LogP contribution in [0.1, 0.15) is 46.0 Å². The molecule has 1 fully saturated rings. The summed E-state index contributed by atoms with van der Waals surface area (Å²) in [5.74, 6) is 1.06. The molecular weight excluding hydrogens is 286 g/mol. The van der Waals surface area contributed by atoms with E-state index in [1.165, 1.54) is 6.20 Å². The van der Waals surface area contributed by atoms with E-state index in [2.05, 4.69) is 15.5 Å². The average Bonchev–Trinajstić information content (AvgIpc) is 3.23. The van der Waals surface area contributed by atoms with Crippen molar-refractivity contribution in [1.82, 2.24) is 15.5 Å². The number of aromatic nitrogens is 2. The van der Waals surface area contributed by atoms with Gasteiger partial charge in [-0.15, -0.1) is 0 Å². The van der Waals surface area contributed by atoms with Crippen molar-refractivity contribution in [3.05, 3.63) is 41.1 Å². The number of aromatic amines is 1. The number of hydrogen-bond donors (Lipinski definition) is 3. The molecule has 7 nitrogen and oxygen atoms in total. The van der Waals surface area contributed by atoms with Crippen molar-refractivity contribution in [2.24, 2.45) is 0 Å². The number of rotatable bonds is 5. The smallest absolute Gasteiger partial charge is 0.254 e. The van der Waals surface area contributed by atoms with Gasteiger partial charge in [0, 0.05) is 12.5 Å². The fourth-order valence-corrected chi connectivity index (χ4v) is 2.57. The number of carbonyl (C=O) groups excluding carboxylic acids is 1. The van der Waals surface area contributed by atoms with Gasteiger partial charge in [-0.25, -0.2) is 0 Å². The second-order valence-electron chi connectivity index (χ2n) is 5.43. The monoisotopic (exact) mass is 305 g/mol. The van der Waals surface area contributed by atoms with Crippen LogP contribution in [0.15, 0.2) is 22.7 Å². The molecule has 7 heteroatoms. The summed E-state index contributed by atoms with van der Waals surface area (Å²) < 4.78 is 10.7. The molecule has 3 heterocycles. The Kier molecular flexibility index (Phi) is 4.26. The number of aliphatic hydroxyl groups excluding tert-OH is 1. The number of furan rings is 1. The quantitative estimate of drug-likeness (QED) is 0.772. The normalized spacial score (nSPS) is 19.3. The Balaban J connectivity index is 1.61. The highest BCUT2D eigenvalue weighted by Crippen LogP contribution is 2.26. The molecule has 1 saturated heterocycles. The van der Waals surface area contributed by atoms with Crippen molar-refractivity contribution in [2.75, 3.05) is 19.8 Å². The molecule has 1 aliphatic heterocycles. The minimum atomic E-state index is -0.872. The van der Waals surface area contributed by atoms with E-state index in [1.807, 2.05) is 0 Å². The number of aryl methyl sites for hydroxylation is 1. The lowest BCUT2D eigenvalue weighted by atomic mass is 10.0. The van der Waals surface area contributed by atoms with Crippen molar-refractivity contribution in [1.29, 1.82) is 0 Å². The van der Waals surface area contributed by atoms with E-state index < -0.39 is 6.10 Å². The lowest BCUT2D eigenvalue weighted by Crippen LogP contribution is -2.29. The van der Waals surface area contributed by atoms with Crippen LogP contribution in [-0.4, -0.2) is 41.0 Å². The number of ether oxygens (including phenoxy) is 1. The van der Waals surface area contributed by atoms with Gasteiger partial charge in [-0.05, 0) is 25.5 Å². The summed E-state index contributed by atoms with van der Waals surface area (Å²) >= 11 is 0. The van der Waals surface area contributed by atoms with E-state index in [1.54, 1.807) is 19.1 Å². The number of hydrogen-bond acceptors (Lipinski definition) is 5. The maximum absolute atomic E-state index is 12.3. The Labute approximate surface area is 127 Å². The zero-order valence-electron chi connectivity index (χ0n) is 12.3. The molecule has 3 N–H and O–H groups in total. The number of amides is 1. The third-order valence-corrected chi connectivity index (χ3v) is 3.80. The first kappa shape index (κ1) is 14.8. The van der Waals surface area contributed by atoms with Gasteiger partial charge in [-0.2, -0.15) is 5.10 Å². The zero-order valence-corrected chi connectivity index (χ0v) is 12.3. The molecule has 3 rings (SSSR count). The topological polar surface area (TPSA) is 100 Å². The lowest BCUT2D eigenvalue weighted by molar-refractivity contribution is 0.0899. The van der Waals surface area contributed by atoms with Crippen molar-refractivity contribution in [3.8, 4) is 0 Å². The molecule has 0 saturated carbocycles. The Morgan fingerprint density at radius 2 is 2.45 bits per heavy atom. The molecule has 118 valence electrons. The molecule has 2 aromatic rings. The fraction of sp³-hybridized carbons (Fsp3) is 0.467. The summed E-state index contributed by atoms with van der Waals surface area (Å²) in [6.45, 7) is 3.17. The van der Waals surface area contributed by atoms with Crippen LogP contribution in [-0.2, 0) is 4.74 Å². The maximum atomic E-state index is 12.3. The van der Waals surface area contributed by atoms with Gasteiger partial charge in [0.25, 0.3) is 5.91 Å². The molecule has 1 amide bonds. The molecule has 0 aromatic carbocycles. The summed E-state index contributed by atoms with van der Waals surface area (Å²) in [5, 5.41) is 19.5. The van der Waals surface area contributed by atoms with Gasteiger partial charge in [0.05, 0.1) is 30.6 Å². The Morgan fingerprint density at radius 3 is 3.14 bits per heavy atom. The average molecular weight is 305 g/mol. The standard InChI is InChI=1S/C15H19N3O4/c1-9-2-3-13(22-9)12(19)7-16-15(20)11-6-17-18-14(11)10-4-5-21-8-10/h2-3,6,10,12,19H,4-5,7-8H2,1H3,(H,16,20)(H,17,18). The maximum Gasteiger partial charge on any atom is 0.254 e. The molecule has 0 bridgehead atoms. The second kappa shape index (κ2) is 6.33. The SMILES string of the molecule is Cc1ccc(C(O)CNC(=O)c2cn[nH]c2C2CCOC2)o1. The van der Waals surface area contributed by atoms with Crippen LogP contribution >= 0.6 is 0 Å². The first-order valence-corrected chi connectivity index (χ1v) is 7.28. The van der Waals surface area contributed by atoms with Gasteiger partial charge in [0.1, 0.15) is 17.6 Å². The molecule has 0 spiro atoms. The second-order valence-corrected chi connectivity index (χ2v) is 5.43. The van der Waals surface area contributed by atoms with Crippen LogP contribution in [0.4, 0.5) is 0 Å². The number of H-pyrrole nitrogens is 1. The predicted octanol–water partition coefficient (Wildman–Crippen LogP) is 1.28. The first-order chi connectivity index (χ1) is 10.6. The van der Waals surface area contributed by atoms with E-state index in [-0.39, 0.29) is 18.4 Å². The molecular formula is C15H19N3O4. The van der Waals surface area contributed by atoms with Crippen LogP contribution in [0.5, 0.6) is 0 Å². The Hall–Kier alpha value is -2.12. The van der Waals surface area contributed by atoms with Crippen molar-refractivity contribution >= 4 is 5.91 Å². The van der Waals surface area contributed by atoms with E-state index in [9.17, 15) is 9.90 Å². The number of nitrogens with one attached hydrogen (secondary N) is 2. The first-order valence-electron chi connectivity index (χ1n) is 7.28. The minimum Gasteiger partial charge on any atom is -0.464 e. The van der Waals surface area contributed by atoms with E-state index in [0.29, 0.717) is 24.5 Å². The van der Waals surface area contributed by atoms with Gasteiger partial charge in [0.15, 0.2) is 0 Å². The Bertz CT molecular complexity index is 643. The summed E-state index contributed by atoms with van der Waals surface area (Å²) in [6.07, 6.45) is 1.51. The van der Waals surface area contributed by atoms with Crippen LogP contribution in [0.3, 0.4) is 0 Å². The largest absolute Gasteiger partial charge is 0.464 e. The molecule has 0 radical (unpaired) electrons. The fourth-order valence-electron chi connectivity index (χ4n) is 2.57. The van der Waals surface area contributed by atoms with Gasteiger partial charge >= 0.3 is 0 Å².